The van der Waals surface area contributed by atoms with Gasteiger partial charge in [-0.2, -0.15) is 5.10 Å². The fraction of sp³-hybridized carbons (Fsp3) is 0.250. The van der Waals surface area contributed by atoms with Crippen LogP contribution in [0.25, 0.3) is 5.70 Å². The monoisotopic (exact) mass is 283 g/mol. The molecule has 0 aliphatic rings. The molecule has 2 aromatic rings. The first-order valence-electron chi connectivity index (χ1n) is 6.60. The largest absolute Gasteiger partial charge is 0.294 e. The molecule has 0 unspecified atom stereocenters. The van der Waals surface area contributed by atoms with Crippen LogP contribution in [-0.2, 0) is 4.79 Å². The van der Waals surface area contributed by atoms with Gasteiger partial charge in [0.25, 0.3) is 0 Å². The molecule has 2 rings (SSSR count). The summed E-state index contributed by atoms with van der Waals surface area (Å²) in [5, 5.41) is 3.96. The van der Waals surface area contributed by atoms with Crippen LogP contribution in [0.2, 0.25) is 0 Å². The number of nitrogens with zero attached hydrogens (tertiary/aromatic N) is 3. The van der Waals surface area contributed by atoms with Crippen LogP contribution in [0.1, 0.15) is 31.1 Å². The second-order valence-electron chi connectivity index (χ2n) is 5.68. The van der Waals surface area contributed by atoms with E-state index in [1.54, 1.807) is 45.0 Å². The van der Waals surface area contributed by atoms with Crippen molar-refractivity contribution in [1.82, 2.24) is 14.8 Å². The van der Waals surface area contributed by atoms with E-state index in [-0.39, 0.29) is 17.3 Å². The number of carbonyl (C=O) groups excluding carboxylic acids is 2. The van der Waals surface area contributed by atoms with Gasteiger partial charge >= 0.3 is 0 Å². The lowest BCUT2D eigenvalue weighted by Gasteiger charge is -2.15. The van der Waals surface area contributed by atoms with Gasteiger partial charge in [-0.1, -0.05) is 51.1 Å². The van der Waals surface area contributed by atoms with Crippen molar-refractivity contribution < 1.29 is 9.59 Å². The molecule has 1 aromatic heterocycles. The summed E-state index contributed by atoms with van der Waals surface area (Å²) in [6.07, 6.45) is 4.07. The highest BCUT2D eigenvalue weighted by Crippen LogP contribution is 2.19. The van der Waals surface area contributed by atoms with Crippen molar-refractivity contribution >= 4 is 17.3 Å². The smallest absolute Gasteiger partial charge is 0.211 e. The minimum Gasteiger partial charge on any atom is -0.294 e. The second kappa shape index (κ2) is 5.83. The number of allylic oxidation sites excluding steroid dienone is 2. The molecule has 0 spiro atoms. The van der Waals surface area contributed by atoms with Gasteiger partial charge in [-0.3, -0.25) is 9.59 Å². The first kappa shape index (κ1) is 14.8. The van der Waals surface area contributed by atoms with Gasteiger partial charge in [0.1, 0.15) is 18.4 Å². The van der Waals surface area contributed by atoms with E-state index in [0.717, 1.165) is 0 Å². The van der Waals surface area contributed by atoms with E-state index < -0.39 is 5.41 Å². The Bertz CT molecular complexity index is 665. The fourth-order valence-corrected chi connectivity index (χ4v) is 1.65. The Kier molecular flexibility index (Phi) is 4.12. The molecule has 0 fully saturated rings. The highest BCUT2D eigenvalue weighted by molar-refractivity contribution is 6.27. The third-order valence-electron chi connectivity index (χ3n) is 2.94. The normalized spacial score (nSPS) is 12.2. The molecule has 0 N–H and O–H groups in total. The molecule has 5 heteroatoms. The van der Waals surface area contributed by atoms with Crippen molar-refractivity contribution in [2.24, 2.45) is 5.41 Å². The molecule has 1 heterocycles. The Morgan fingerprint density at radius 1 is 1.14 bits per heavy atom. The zero-order chi connectivity index (χ0) is 15.5. The topological polar surface area (TPSA) is 64.8 Å². The van der Waals surface area contributed by atoms with E-state index in [0.29, 0.717) is 5.56 Å². The van der Waals surface area contributed by atoms with E-state index in [9.17, 15) is 9.59 Å². The molecule has 0 aliphatic heterocycles. The van der Waals surface area contributed by atoms with Crippen LogP contribution in [0.5, 0.6) is 0 Å². The molecule has 0 bridgehead atoms. The van der Waals surface area contributed by atoms with E-state index >= 15 is 0 Å². The van der Waals surface area contributed by atoms with Crippen LogP contribution >= 0.6 is 0 Å². The second-order valence-corrected chi connectivity index (χ2v) is 5.68. The summed E-state index contributed by atoms with van der Waals surface area (Å²) in [5.74, 6) is -0.406. The minimum absolute atomic E-state index is 0.141. The first-order valence-corrected chi connectivity index (χ1v) is 6.60. The lowest BCUT2D eigenvalue weighted by atomic mass is 9.89. The van der Waals surface area contributed by atoms with Crippen molar-refractivity contribution in [2.45, 2.75) is 20.8 Å². The molecular formula is C16H17N3O2. The Hall–Kier alpha value is -2.56. The van der Waals surface area contributed by atoms with Crippen LogP contribution in [0.4, 0.5) is 0 Å². The summed E-state index contributed by atoms with van der Waals surface area (Å²) >= 11 is 0. The first-order chi connectivity index (χ1) is 9.89. The maximum absolute atomic E-state index is 12.6. The number of hydrogen-bond acceptors (Lipinski definition) is 4. The van der Waals surface area contributed by atoms with Crippen LogP contribution in [0.3, 0.4) is 0 Å². The quantitative estimate of drug-likeness (QED) is 0.639. The van der Waals surface area contributed by atoms with Gasteiger partial charge in [-0.25, -0.2) is 9.67 Å². The number of rotatable bonds is 4. The lowest BCUT2D eigenvalue weighted by molar-refractivity contribution is -0.121. The predicted octanol–water partition coefficient (Wildman–Crippen LogP) is 2.62. The van der Waals surface area contributed by atoms with E-state index in [1.807, 2.05) is 6.07 Å². The number of Topliss-reactive ketones (excluding diaryl/α,β-unsaturated/α-hetero) is 1. The molecular weight excluding hydrogens is 266 g/mol. The molecule has 0 atom stereocenters. The zero-order valence-electron chi connectivity index (χ0n) is 12.3. The molecule has 0 aliphatic carbocycles. The number of hydrogen-bond donors (Lipinski definition) is 0. The molecule has 0 radical (unpaired) electrons. The highest BCUT2D eigenvalue weighted by Gasteiger charge is 2.23. The van der Waals surface area contributed by atoms with Crippen LogP contribution < -0.4 is 0 Å². The summed E-state index contributed by atoms with van der Waals surface area (Å²) in [6, 6.07) is 8.79. The summed E-state index contributed by atoms with van der Waals surface area (Å²) in [4.78, 5) is 28.6. The summed E-state index contributed by atoms with van der Waals surface area (Å²) in [6.45, 7) is 5.41. The van der Waals surface area contributed by atoms with Crippen LogP contribution in [-0.4, -0.2) is 26.3 Å². The Balaban J connectivity index is 2.46. The van der Waals surface area contributed by atoms with Crippen molar-refractivity contribution in [1.29, 1.82) is 0 Å². The maximum Gasteiger partial charge on any atom is 0.211 e. The molecule has 0 saturated heterocycles. The maximum atomic E-state index is 12.6. The van der Waals surface area contributed by atoms with E-state index in [4.69, 9.17) is 0 Å². The average Bonchev–Trinajstić information content (AvgIpc) is 2.97. The van der Waals surface area contributed by atoms with Gasteiger partial charge in [0.2, 0.25) is 5.78 Å². The fourth-order valence-electron chi connectivity index (χ4n) is 1.65. The Labute approximate surface area is 123 Å². The van der Waals surface area contributed by atoms with Gasteiger partial charge in [0, 0.05) is 17.1 Å². The molecule has 1 aromatic carbocycles. The number of ketones is 2. The van der Waals surface area contributed by atoms with Crippen LogP contribution in [0, 0.1) is 5.41 Å². The molecule has 5 nitrogen and oxygen atoms in total. The van der Waals surface area contributed by atoms with Gasteiger partial charge in [-0.15, -0.1) is 0 Å². The molecule has 108 valence electrons. The number of aromatic nitrogens is 3. The zero-order valence-corrected chi connectivity index (χ0v) is 12.3. The summed E-state index contributed by atoms with van der Waals surface area (Å²) in [5.41, 5.74) is 0.127. The summed E-state index contributed by atoms with van der Waals surface area (Å²) in [7, 11) is 0. The van der Waals surface area contributed by atoms with E-state index in [1.165, 1.54) is 23.4 Å². The Morgan fingerprint density at radius 2 is 1.81 bits per heavy atom. The molecule has 21 heavy (non-hydrogen) atoms. The van der Waals surface area contributed by atoms with Gasteiger partial charge in [-0.05, 0) is 0 Å². The van der Waals surface area contributed by atoms with Crippen LogP contribution in [0.15, 0.2) is 49.1 Å². The highest BCUT2D eigenvalue weighted by atomic mass is 16.1. The van der Waals surface area contributed by atoms with E-state index in [2.05, 4.69) is 10.1 Å². The van der Waals surface area contributed by atoms with Crippen molar-refractivity contribution in [3.8, 4) is 0 Å². The van der Waals surface area contributed by atoms with Gasteiger partial charge in [0.05, 0.1) is 0 Å². The predicted molar refractivity (Wildman–Crippen MR) is 79.5 cm³/mol. The summed E-state index contributed by atoms with van der Waals surface area (Å²) < 4.78 is 1.32. The lowest BCUT2D eigenvalue weighted by Crippen LogP contribution is -2.20. The Morgan fingerprint density at radius 3 is 2.33 bits per heavy atom. The molecule has 0 amide bonds. The van der Waals surface area contributed by atoms with Gasteiger partial charge < -0.3 is 0 Å². The SMILES string of the molecule is CC(C)(C)C(=O)C=C(C(=O)c1ccccc1)n1cncn1. The molecule has 0 saturated carbocycles. The van der Waals surface area contributed by atoms with Crippen molar-refractivity contribution in [3.05, 3.63) is 54.6 Å². The van der Waals surface area contributed by atoms with Crippen molar-refractivity contribution in [3.63, 3.8) is 0 Å². The number of benzene rings is 1. The number of carbonyl (C=O) groups is 2. The minimum atomic E-state index is -0.567. The third kappa shape index (κ3) is 3.51. The standard InChI is InChI=1S/C16H17N3O2/c1-16(2,3)14(20)9-13(19-11-17-10-18-19)15(21)12-7-5-4-6-8-12/h4-11H,1-3H3. The van der Waals surface area contributed by atoms with Gasteiger partial charge in [0.15, 0.2) is 5.78 Å². The average molecular weight is 283 g/mol. The third-order valence-corrected chi connectivity index (χ3v) is 2.94. The van der Waals surface area contributed by atoms with Crippen molar-refractivity contribution in [2.75, 3.05) is 0 Å².